The fourth-order valence-electron chi connectivity index (χ4n) is 3.22. The Hall–Kier alpha value is -2.82. The molecule has 0 atom stereocenters. The molecule has 0 unspecified atom stereocenters. The summed E-state index contributed by atoms with van der Waals surface area (Å²) in [5, 5.41) is 15.3. The van der Waals surface area contributed by atoms with Crippen LogP contribution in [0.2, 0.25) is 0 Å². The van der Waals surface area contributed by atoms with Crippen LogP contribution >= 0.6 is 0 Å². The van der Waals surface area contributed by atoms with Gasteiger partial charge in [-0.1, -0.05) is 12.1 Å². The van der Waals surface area contributed by atoms with Crippen LogP contribution in [0.15, 0.2) is 30.5 Å². The van der Waals surface area contributed by atoms with Crippen molar-refractivity contribution in [2.24, 2.45) is 0 Å². The number of hydrogen-bond donors (Lipinski definition) is 1. The minimum atomic E-state index is -4.54. The lowest BCUT2D eigenvalue weighted by Crippen LogP contribution is -2.51. The first kappa shape index (κ1) is 18.0. The minimum absolute atomic E-state index is 0.0178. The second-order valence-electron chi connectivity index (χ2n) is 6.53. The van der Waals surface area contributed by atoms with E-state index in [1.807, 2.05) is 6.07 Å². The van der Waals surface area contributed by atoms with Crippen LogP contribution in [0.25, 0.3) is 0 Å². The zero-order valence-corrected chi connectivity index (χ0v) is 14.1. The lowest BCUT2D eigenvalue weighted by Gasteiger charge is -2.43. The summed E-state index contributed by atoms with van der Waals surface area (Å²) < 4.78 is 39.5. The Bertz CT molecular complexity index is 858. The van der Waals surface area contributed by atoms with E-state index in [2.05, 4.69) is 10.4 Å². The summed E-state index contributed by atoms with van der Waals surface area (Å²) in [6.45, 7) is 1.03. The number of halogens is 3. The van der Waals surface area contributed by atoms with Crippen LogP contribution in [0.4, 0.5) is 13.2 Å². The number of nitriles is 1. The van der Waals surface area contributed by atoms with E-state index in [1.54, 1.807) is 24.3 Å². The monoisotopic (exact) mass is 362 g/mol. The normalized spacial score (nSPS) is 15.8. The first-order chi connectivity index (χ1) is 12.2. The van der Waals surface area contributed by atoms with Gasteiger partial charge in [0.05, 0.1) is 17.2 Å². The molecule has 1 aromatic carbocycles. The second-order valence-corrected chi connectivity index (χ2v) is 6.53. The minimum Gasteiger partial charge on any atom is -0.345 e. The molecule has 26 heavy (non-hydrogen) atoms. The van der Waals surface area contributed by atoms with Crippen LogP contribution in [-0.4, -0.2) is 15.7 Å². The summed E-state index contributed by atoms with van der Waals surface area (Å²) in [5.74, 6) is -0.398. The van der Waals surface area contributed by atoms with E-state index < -0.39 is 23.3 Å². The number of nitrogens with one attached hydrogen (secondary N) is 1. The topological polar surface area (TPSA) is 70.7 Å². The molecule has 1 saturated carbocycles. The molecule has 1 aliphatic carbocycles. The molecule has 1 heterocycles. The van der Waals surface area contributed by atoms with Gasteiger partial charge in [0.25, 0.3) is 0 Å². The van der Waals surface area contributed by atoms with Gasteiger partial charge in [-0.3, -0.25) is 9.48 Å². The van der Waals surface area contributed by atoms with E-state index in [9.17, 15) is 18.0 Å². The van der Waals surface area contributed by atoms with E-state index in [4.69, 9.17) is 5.26 Å². The number of carbonyl (C=O) groups is 1. The largest absolute Gasteiger partial charge is 0.435 e. The number of rotatable bonds is 4. The number of alkyl halides is 3. The molecular weight excluding hydrogens is 345 g/mol. The molecule has 1 fully saturated rings. The number of aryl methyl sites for hydroxylation is 1. The molecule has 5 nitrogen and oxygen atoms in total. The van der Waals surface area contributed by atoms with Crippen molar-refractivity contribution in [1.82, 2.24) is 15.1 Å². The van der Waals surface area contributed by atoms with Crippen molar-refractivity contribution >= 4 is 5.91 Å². The molecule has 1 aliphatic rings. The van der Waals surface area contributed by atoms with E-state index >= 15 is 0 Å². The fourth-order valence-corrected chi connectivity index (χ4v) is 3.22. The van der Waals surface area contributed by atoms with Gasteiger partial charge in [0.2, 0.25) is 5.91 Å². The molecule has 1 aromatic heterocycles. The highest BCUT2D eigenvalue weighted by molar-refractivity contribution is 5.77. The van der Waals surface area contributed by atoms with E-state index in [0.717, 1.165) is 29.5 Å². The molecule has 1 N–H and O–H groups in total. The predicted molar refractivity (Wildman–Crippen MR) is 86.8 cm³/mol. The second kappa shape index (κ2) is 6.48. The Morgan fingerprint density at radius 3 is 2.46 bits per heavy atom. The molecule has 0 radical (unpaired) electrons. The molecule has 0 bridgehead atoms. The van der Waals surface area contributed by atoms with Crippen molar-refractivity contribution < 1.29 is 18.0 Å². The maximum atomic E-state index is 12.8. The molecule has 8 heteroatoms. The summed E-state index contributed by atoms with van der Waals surface area (Å²) in [5.41, 5.74) is -0.100. The third-order valence-electron chi connectivity index (χ3n) is 4.67. The first-order valence-corrected chi connectivity index (χ1v) is 8.16. The van der Waals surface area contributed by atoms with Gasteiger partial charge in [0, 0.05) is 6.20 Å². The summed E-state index contributed by atoms with van der Waals surface area (Å²) in [4.78, 5) is 12.4. The van der Waals surface area contributed by atoms with Crippen molar-refractivity contribution in [3.05, 3.63) is 52.8 Å². The van der Waals surface area contributed by atoms with Crippen molar-refractivity contribution in [3.63, 3.8) is 0 Å². The zero-order chi connectivity index (χ0) is 18.9. The standard InChI is InChI=1S/C18H17F3N4O/c1-12-10-25(24-16(12)18(19,20)21)11-15(26)23-17(7-2-8-17)14-5-3-13(9-22)4-6-14/h3-6,10H,2,7-8,11H2,1H3,(H,23,26). The van der Waals surface area contributed by atoms with E-state index in [0.29, 0.717) is 5.56 Å². The number of hydrogen-bond acceptors (Lipinski definition) is 3. The quantitative estimate of drug-likeness (QED) is 0.907. The lowest BCUT2D eigenvalue weighted by atomic mass is 9.71. The van der Waals surface area contributed by atoms with Crippen LogP contribution < -0.4 is 5.32 Å². The molecule has 136 valence electrons. The van der Waals surface area contributed by atoms with Crippen LogP contribution in [0.5, 0.6) is 0 Å². The van der Waals surface area contributed by atoms with Crippen LogP contribution in [0, 0.1) is 18.3 Å². The Morgan fingerprint density at radius 2 is 2.00 bits per heavy atom. The van der Waals surface area contributed by atoms with Gasteiger partial charge in [0.15, 0.2) is 5.69 Å². The van der Waals surface area contributed by atoms with E-state index in [1.165, 1.54) is 13.1 Å². The van der Waals surface area contributed by atoms with Crippen LogP contribution in [-0.2, 0) is 23.1 Å². The van der Waals surface area contributed by atoms with Crippen LogP contribution in [0.3, 0.4) is 0 Å². The number of amides is 1. The molecule has 3 rings (SSSR count). The number of aromatic nitrogens is 2. The average molecular weight is 362 g/mol. The van der Waals surface area contributed by atoms with Crippen molar-refractivity contribution in [2.75, 3.05) is 0 Å². The fraction of sp³-hybridized carbons (Fsp3) is 0.389. The van der Waals surface area contributed by atoms with Crippen molar-refractivity contribution in [1.29, 1.82) is 5.26 Å². The van der Waals surface area contributed by atoms with Crippen molar-refractivity contribution in [3.8, 4) is 6.07 Å². The Kier molecular flexibility index (Phi) is 4.48. The first-order valence-electron chi connectivity index (χ1n) is 8.16. The highest BCUT2D eigenvalue weighted by Crippen LogP contribution is 2.41. The third-order valence-corrected chi connectivity index (χ3v) is 4.67. The highest BCUT2D eigenvalue weighted by atomic mass is 19.4. The smallest absolute Gasteiger partial charge is 0.345 e. The Balaban J connectivity index is 1.73. The molecule has 0 saturated heterocycles. The Labute approximate surface area is 148 Å². The highest BCUT2D eigenvalue weighted by Gasteiger charge is 2.40. The van der Waals surface area contributed by atoms with Gasteiger partial charge in [-0.2, -0.15) is 23.5 Å². The van der Waals surface area contributed by atoms with E-state index in [-0.39, 0.29) is 12.1 Å². The summed E-state index contributed by atoms with van der Waals surface area (Å²) in [6.07, 6.45) is -0.881. The summed E-state index contributed by atoms with van der Waals surface area (Å²) in [7, 11) is 0. The van der Waals surface area contributed by atoms with Gasteiger partial charge in [-0.25, -0.2) is 0 Å². The number of benzene rings is 1. The van der Waals surface area contributed by atoms with Crippen LogP contribution in [0.1, 0.15) is 41.6 Å². The SMILES string of the molecule is Cc1cn(CC(=O)NC2(c3ccc(C#N)cc3)CCC2)nc1C(F)(F)F. The molecule has 0 spiro atoms. The number of carbonyl (C=O) groups excluding carboxylic acids is 1. The van der Waals surface area contributed by atoms with Gasteiger partial charge in [0.1, 0.15) is 6.54 Å². The maximum absolute atomic E-state index is 12.8. The van der Waals surface area contributed by atoms with Crippen molar-refractivity contribution in [2.45, 2.75) is 44.4 Å². The molecular formula is C18H17F3N4O. The maximum Gasteiger partial charge on any atom is 0.435 e. The van der Waals surface area contributed by atoms with Gasteiger partial charge < -0.3 is 5.32 Å². The summed E-state index contributed by atoms with van der Waals surface area (Å²) >= 11 is 0. The lowest BCUT2D eigenvalue weighted by molar-refractivity contribution is -0.142. The molecule has 0 aliphatic heterocycles. The molecule has 2 aromatic rings. The van der Waals surface area contributed by atoms with Gasteiger partial charge >= 0.3 is 6.18 Å². The summed E-state index contributed by atoms with van der Waals surface area (Å²) in [6, 6.07) is 9.03. The molecule has 1 amide bonds. The average Bonchev–Trinajstić information content (AvgIpc) is 2.91. The Morgan fingerprint density at radius 1 is 1.35 bits per heavy atom. The third kappa shape index (κ3) is 3.43. The van der Waals surface area contributed by atoms with Gasteiger partial charge in [-0.15, -0.1) is 0 Å². The van der Waals surface area contributed by atoms with Gasteiger partial charge in [-0.05, 0) is 49.4 Å². The number of nitrogens with zero attached hydrogens (tertiary/aromatic N) is 3. The predicted octanol–water partition coefficient (Wildman–Crippen LogP) is 3.28. The zero-order valence-electron chi connectivity index (χ0n) is 14.1.